The third-order valence-electron chi connectivity index (χ3n) is 3.38. The summed E-state index contributed by atoms with van der Waals surface area (Å²) in [7, 11) is 3.21. The number of carbonyl (C=O) groups excluding carboxylic acids is 1. The molecule has 25 heavy (non-hydrogen) atoms. The molecule has 0 saturated carbocycles. The molecule has 1 aromatic carbocycles. The van der Waals surface area contributed by atoms with Crippen LogP contribution < -0.4 is 14.8 Å². The van der Waals surface area contributed by atoms with Crippen LogP contribution in [-0.4, -0.2) is 32.4 Å². The number of hydrogen-bond donors (Lipinski definition) is 1. The summed E-state index contributed by atoms with van der Waals surface area (Å²) in [6, 6.07) is 7.66. The molecule has 0 bridgehead atoms. The van der Waals surface area contributed by atoms with E-state index in [-0.39, 0.29) is 5.91 Å². The predicted molar refractivity (Wildman–Crippen MR) is 109 cm³/mol. The highest BCUT2D eigenvalue weighted by molar-refractivity contribution is 9.10. The molecule has 0 aliphatic heterocycles. The standard InChI is InChI=1S/C17H19BrClNO3S2/c1-22-14-7-11(13(18)8-15(14)23-2)5-6-20-17(21)10-24-9-12-3-4-16(19)25-12/h3-4,7-8H,5-6,9-10H2,1-2H3,(H,20,21). The van der Waals surface area contributed by atoms with Crippen molar-refractivity contribution < 1.29 is 14.3 Å². The molecule has 2 aromatic rings. The van der Waals surface area contributed by atoms with E-state index < -0.39 is 0 Å². The van der Waals surface area contributed by atoms with Crippen LogP contribution in [0.15, 0.2) is 28.7 Å². The van der Waals surface area contributed by atoms with Gasteiger partial charge in [0.1, 0.15) is 0 Å². The minimum Gasteiger partial charge on any atom is -0.493 e. The van der Waals surface area contributed by atoms with Crippen LogP contribution in [0.5, 0.6) is 11.5 Å². The van der Waals surface area contributed by atoms with Gasteiger partial charge in [-0.25, -0.2) is 0 Å². The summed E-state index contributed by atoms with van der Waals surface area (Å²) in [5.74, 6) is 2.61. The fourth-order valence-electron chi connectivity index (χ4n) is 2.15. The average Bonchev–Trinajstić information content (AvgIpc) is 3.01. The molecule has 1 aromatic heterocycles. The number of rotatable bonds is 9. The summed E-state index contributed by atoms with van der Waals surface area (Å²) in [4.78, 5) is 13.1. The zero-order valence-electron chi connectivity index (χ0n) is 13.9. The first kappa shape index (κ1) is 20.4. The van der Waals surface area contributed by atoms with Crippen molar-refractivity contribution in [2.24, 2.45) is 0 Å². The van der Waals surface area contributed by atoms with Crippen molar-refractivity contribution in [3.63, 3.8) is 0 Å². The molecule has 0 unspecified atom stereocenters. The van der Waals surface area contributed by atoms with E-state index in [1.165, 1.54) is 4.88 Å². The first-order chi connectivity index (χ1) is 12.0. The van der Waals surface area contributed by atoms with E-state index in [1.807, 2.05) is 24.3 Å². The molecule has 2 rings (SSSR count). The van der Waals surface area contributed by atoms with Crippen molar-refractivity contribution in [3.05, 3.63) is 43.5 Å². The summed E-state index contributed by atoms with van der Waals surface area (Å²) in [6.07, 6.45) is 0.706. The van der Waals surface area contributed by atoms with Gasteiger partial charge in [0.05, 0.1) is 24.3 Å². The van der Waals surface area contributed by atoms with E-state index in [0.29, 0.717) is 30.2 Å². The molecule has 0 atom stereocenters. The van der Waals surface area contributed by atoms with Gasteiger partial charge in [-0.1, -0.05) is 27.5 Å². The van der Waals surface area contributed by atoms with Gasteiger partial charge in [-0.3, -0.25) is 4.79 Å². The Morgan fingerprint density at radius 3 is 2.64 bits per heavy atom. The third kappa shape index (κ3) is 6.40. The van der Waals surface area contributed by atoms with Crippen LogP contribution in [-0.2, 0) is 17.0 Å². The molecule has 0 spiro atoms. The molecule has 0 aliphatic carbocycles. The van der Waals surface area contributed by atoms with Gasteiger partial charge in [-0.15, -0.1) is 23.1 Å². The third-order valence-corrected chi connectivity index (χ3v) is 6.51. The van der Waals surface area contributed by atoms with Gasteiger partial charge in [0.2, 0.25) is 5.91 Å². The molecule has 8 heteroatoms. The van der Waals surface area contributed by atoms with E-state index in [9.17, 15) is 4.79 Å². The lowest BCUT2D eigenvalue weighted by Crippen LogP contribution is -2.27. The van der Waals surface area contributed by atoms with Gasteiger partial charge in [0.25, 0.3) is 0 Å². The van der Waals surface area contributed by atoms with Crippen LogP contribution in [0.1, 0.15) is 10.4 Å². The van der Waals surface area contributed by atoms with Crippen LogP contribution in [0.4, 0.5) is 0 Å². The number of hydrogen-bond acceptors (Lipinski definition) is 5. The van der Waals surface area contributed by atoms with Crippen LogP contribution in [0.25, 0.3) is 0 Å². The van der Waals surface area contributed by atoms with Crippen LogP contribution in [0.2, 0.25) is 4.34 Å². The lowest BCUT2D eigenvalue weighted by molar-refractivity contribution is -0.118. The smallest absolute Gasteiger partial charge is 0.230 e. The number of ether oxygens (including phenoxy) is 2. The highest BCUT2D eigenvalue weighted by atomic mass is 79.9. The van der Waals surface area contributed by atoms with Crippen molar-refractivity contribution >= 4 is 56.5 Å². The Morgan fingerprint density at radius 1 is 1.28 bits per heavy atom. The molecule has 1 amide bonds. The number of benzene rings is 1. The van der Waals surface area contributed by atoms with Crippen LogP contribution in [0, 0.1) is 0 Å². The zero-order chi connectivity index (χ0) is 18.2. The Morgan fingerprint density at radius 2 is 2.00 bits per heavy atom. The van der Waals surface area contributed by atoms with Crippen molar-refractivity contribution in [1.29, 1.82) is 0 Å². The summed E-state index contributed by atoms with van der Waals surface area (Å²) in [5, 5.41) is 2.94. The Labute approximate surface area is 169 Å². The van der Waals surface area contributed by atoms with Gasteiger partial charge in [-0.05, 0) is 36.2 Å². The van der Waals surface area contributed by atoms with Crippen molar-refractivity contribution in [3.8, 4) is 11.5 Å². The predicted octanol–water partition coefficient (Wildman–Crippen LogP) is 4.77. The van der Waals surface area contributed by atoms with Gasteiger partial charge in [-0.2, -0.15) is 0 Å². The van der Waals surface area contributed by atoms with Crippen molar-refractivity contribution in [2.45, 2.75) is 12.2 Å². The minimum atomic E-state index is 0.0317. The van der Waals surface area contributed by atoms with Crippen LogP contribution in [0.3, 0.4) is 0 Å². The fraction of sp³-hybridized carbons (Fsp3) is 0.353. The molecule has 4 nitrogen and oxygen atoms in total. The Kier molecular flexibility index (Phi) is 8.42. The molecule has 136 valence electrons. The van der Waals surface area contributed by atoms with E-state index in [2.05, 4.69) is 21.2 Å². The number of thiophene rings is 1. The number of amides is 1. The summed E-state index contributed by atoms with van der Waals surface area (Å²) < 4.78 is 12.3. The van der Waals surface area contributed by atoms with Gasteiger partial charge >= 0.3 is 0 Å². The topological polar surface area (TPSA) is 47.6 Å². The summed E-state index contributed by atoms with van der Waals surface area (Å²) in [5.41, 5.74) is 1.05. The number of carbonyl (C=O) groups is 1. The minimum absolute atomic E-state index is 0.0317. The summed E-state index contributed by atoms with van der Waals surface area (Å²) >= 11 is 12.5. The molecule has 0 saturated heterocycles. The SMILES string of the molecule is COc1cc(Br)c(CCNC(=O)CSCc2ccc(Cl)s2)cc1OC. The molecule has 1 N–H and O–H groups in total. The van der Waals surface area contributed by atoms with E-state index in [4.69, 9.17) is 21.1 Å². The Hall–Kier alpha value is -0.890. The molecular weight excluding hydrogens is 446 g/mol. The normalized spacial score (nSPS) is 10.6. The van der Waals surface area contributed by atoms with E-state index in [1.54, 1.807) is 37.3 Å². The highest BCUT2D eigenvalue weighted by Crippen LogP contribution is 2.33. The largest absolute Gasteiger partial charge is 0.493 e. The Bertz CT molecular complexity index is 724. The monoisotopic (exact) mass is 463 g/mol. The van der Waals surface area contributed by atoms with E-state index in [0.717, 1.165) is 20.1 Å². The maximum Gasteiger partial charge on any atom is 0.230 e. The lowest BCUT2D eigenvalue weighted by atomic mass is 10.1. The molecule has 0 fully saturated rings. The number of thioether (sulfide) groups is 1. The maximum absolute atomic E-state index is 11.9. The van der Waals surface area contributed by atoms with Crippen LogP contribution >= 0.6 is 50.6 Å². The van der Waals surface area contributed by atoms with Gasteiger partial charge < -0.3 is 14.8 Å². The van der Waals surface area contributed by atoms with Crippen molar-refractivity contribution in [2.75, 3.05) is 26.5 Å². The molecule has 1 heterocycles. The van der Waals surface area contributed by atoms with Gasteiger partial charge in [0, 0.05) is 21.6 Å². The number of methoxy groups -OCH3 is 2. The average molecular weight is 465 g/mol. The second-order valence-corrected chi connectivity index (χ2v) is 8.74. The first-order valence-electron chi connectivity index (χ1n) is 7.52. The first-order valence-corrected chi connectivity index (χ1v) is 10.7. The molecule has 0 radical (unpaired) electrons. The second-order valence-electron chi connectivity index (χ2n) is 5.10. The van der Waals surface area contributed by atoms with Gasteiger partial charge in [0.15, 0.2) is 11.5 Å². The Balaban J connectivity index is 1.75. The highest BCUT2D eigenvalue weighted by Gasteiger charge is 2.10. The summed E-state index contributed by atoms with van der Waals surface area (Å²) in [6.45, 7) is 0.568. The number of nitrogens with one attached hydrogen (secondary N) is 1. The quantitative estimate of drug-likeness (QED) is 0.580. The number of halogens is 2. The van der Waals surface area contributed by atoms with E-state index >= 15 is 0 Å². The second kappa shape index (κ2) is 10.3. The lowest BCUT2D eigenvalue weighted by Gasteiger charge is -2.12. The fourth-order valence-corrected chi connectivity index (χ4v) is 4.73. The molecule has 0 aliphatic rings. The maximum atomic E-state index is 11.9. The zero-order valence-corrected chi connectivity index (χ0v) is 17.9. The molecular formula is C17H19BrClNO3S2. The van der Waals surface area contributed by atoms with Crippen molar-refractivity contribution in [1.82, 2.24) is 5.32 Å².